The van der Waals surface area contributed by atoms with E-state index in [0.29, 0.717) is 0 Å². The summed E-state index contributed by atoms with van der Waals surface area (Å²) in [5, 5.41) is 7.85. The molecule has 0 bridgehead atoms. The molecular weight excluding hydrogens is 281 g/mol. The van der Waals surface area contributed by atoms with E-state index in [2.05, 4.69) is 0 Å². The summed E-state index contributed by atoms with van der Waals surface area (Å²) in [7, 11) is 0. The molecule has 0 unspecified atom stereocenters. The topological polar surface area (TPSA) is 37.3 Å². The lowest BCUT2D eigenvalue weighted by atomic mass is 10.8. The van der Waals surface area contributed by atoms with Crippen LogP contribution in [0.2, 0.25) is 0 Å². The molecule has 0 radical (unpaired) electrons. The minimum absolute atomic E-state index is 0.750. The largest absolute Gasteiger partial charge is 0.478 e. The van der Waals surface area contributed by atoms with Gasteiger partial charge in [0, 0.05) is 0 Å². The van der Waals surface area contributed by atoms with Crippen molar-refractivity contribution in [1.82, 2.24) is 0 Å². The predicted molar refractivity (Wildman–Crippen MR) is 49.3 cm³/mol. The summed E-state index contributed by atoms with van der Waals surface area (Å²) in [4.78, 5) is 9.62. The molecule has 0 aliphatic heterocycles. The highest BCUT2D eigenvalue weighted by Crippen LogP contribution is 2.25. The molecule has 8 heteroatoms. The third-order valence-electron chi connectivity index (χ3n) is 0.243. The van der Waals surface area contributed by atoms with Crippen LogP contribution >= 0.6 is 69.6 Å². The van der Waals surface area contributed by atoms with E-state index in [9.17, 15) is 4.79 Å². The number of alkyl halides is 6. The zero-order chi connectivity index (χ0) is 9.65. The molecule has 0 saturated heterocycles. The smallest absolute Gasteiger partial charge is 0.356 e. The Morgan fingerprint density at radius 2 is 1.27 bits per heavy atom. The molecule has 0 aromatic heterocycles. The second kappa shape index (κ2) is 6.70. The van der Waals surface area contributed by atoms with Gasteiger partial charge in [0.05, 0.1) is 0 Å². The van der Waals surface area contributed by atoms with E-state index >= 15 is 0 Å². The second-order valence-corrected chi connectivity index (χ2v) is 5.31. The third kappa shape index (κ3) is 18.3. The van der Waals surface area contributed by atoms with E-state index in [4.69, 9.17) is 74.7 Å². The standard InChI is InChI=1S/C2HCl3O2.CHCl3/c3-2(4,5)1(6)7;2-1(3)4/h(H,6,7);1H. The number of carboxylic acid groups (broad SMARTS) is 1. The summed E-state index contributed by atoms with van der Waals surface area (Å²) in [6.07, 6.45) is 0. The van der Waals surface area contributed by atoms with E-state index in [1.165, 1.54) is 0 Å². The molecule has 2 nitrogen and oxygen atoms in total. The average molecular weight is 283 g/mol. The number of hydrogen-bond acceptors (Lipinski definition) is 1. The first-order valence-electron chi connectivity index (χ1n) is 1.90. The maximum absolute atomic E-state index is 9.62. The number of carbonyl (C=O) groups is 1. The van der Waals surface area contributed by atoms with Gasteiger partial charge >= 0.3 is 5.97 Å². The lowest BCUT2D eigenvalue weighted by Crippen LogP contribution is -2.16. The quantitative estimate of drug-likeness (QED) is 0.691. The summed E-state index contributed by atoms with van der Waals surface area (Å²) < 4.78 is -2.92. The molecule has 0 aromatic carbocycles. The Kier molecular flexibility index (Phi) is 8.96. The highest BCUT2D eigenvalue weighted by Gasteiger charge is 2.29. The summed E-state index contributed by atoms with van der Waals surface area (Å²) >= 11 is 28.8. The van der Waals surface area contributed by atoms with Gasteiger partial charge in [0.1, 0.15) is 0 Å². The van der Waals surface area contributed by atoms with Crippen molar-refractivity contribution in [2.45, 2.75) is 8.09 Å². The van der Waals surface area contributed by atoms with Gasteiger partial charge in [-0.05, 0) is 0 Å². The number of hydrogen-bond donors (Lipinski definition) is 1. The third-order valence-corrected chi connectivity index (χ3v) is 0.728. The molecule has 68 valence electrons. The Bertz CT molecular complexity index is 115. The van der Waals surface area contributed by atoms with Crippen LogP contribution in [0.3, 0.4) is 0 Å². The molecule has 0 atom stereocenters. The van der Waals surface area contributed by atoms with Gasteiger partial charge in [-0.3, -0.25) is 0 Å². The minimum atomic E-state index is -2.17. The Hall–Kier alpha value is 1.21. The fourth-order valence-electron chi connectivity index (χ4n) is 0. The van der Waals surface area contributed by atoms with E-state index in [0.717, 1.165) is 0 Å². The maximum atomic E-state index is 9.62. The molecule has 0 amide bonds. The highest BCUT2D eigenvalue weighted by atomic mass is 35.6. The summed E-state index contributed by atoms with van der Waals surface area (Å²) in [5.74, 6) is -1.46. The summed E-state index contributed by atoms with van der Waals surface area (Å²) in [6.45, 7) is 0. The highest BCUT2D eigenvalue weighted by molar-refractivity contribution is 6.75. The van der Waals surface area contributed by atoms with Crippen molar-refractivity contribution in [3.8, 4) is 0 Å². The molecule has 11 heavy (non-hydrogen) atoms. The van der Waals surface area contributed by atoms with Crippen LogP contribution in [0.25, 0.3) is 0 Å². The molecule has 0 aliphatic rings. The van der Waals surface area contributed by atoms with Gasteiger partial charge in [0.15, 0.2) is 4.30 Å². The van der Waals surface area contributed by atoms with Crippen LogP contribution in [-0.2, 0) is 4.79 Å². The minimum Gasteiger partial charge on any atom is -0.478 e. The molecule has 0 aliphatic carbocycles. The fourth-order valence-corrected chi connectivity index (χ4v) is 0. The van der Waals surface area contributed by atoms with Crippen LogP contribution in [0.4, 0.5) is 0 Å². The van der Waals surface area contributed by atoms with Crippen molar-refractivity contribution in [3.63, 3.8) is 0 Å². The monoisotopic (exact) mass is 280 g/mol. The van der Waals surface area contributed by atoms with E-state index in [1.807, 2.05) is 0 Å². The van der Waals surface area contributed by atoms with Crippen molar-refractivity contribution in [1.29, 1.82) is 0 Å². The summed E-state index contributed by atoms with van der Waals surface area (Å²) in [6, 6.07) is 0. The van der Waals surface area contributed by atoms with Gasteiger partial charge in [0.2, 0.25) is 0 Å². The normalized spacial score (nSPS) is 10.5. The molecular formula is C3H2Cl6O2. The van der Waals surface area contributed by atoms with E-state index in [1.54, 1.807) is 0 Å². The first-order valence-corrected chi connectivity index (χ1v) is 4.34. The number of halogens is 6. The molecule has 0 aromatic rings. The SMILES string of the molecule is ClC(Cl)Cl.O=C(O)C(Cl)(Cl)Cl. The van der Waals surface area contributed by atoms with Crippen LogP contribution in [0.1, 0.15) is 0 Å². The first kappa shape index (κ1) is 14.7. The first-order chi connectivity index (χ1) is 4.68. The van der Waals surface area contributed by atoms with Gasteiger partial charge in [-0.25, -0.2) is 4.79 Å². The Labute approximate surface area is 93.3 Å². The van der Waals surface area contributed by atoms with E-state index in [-0.39, 0.29) is 0 Å². The van der Waals surface area contributed by atoms with E-state index < -0.39 is 14.1 Å². The molecule has 0 saturated carbocycles. The Morgan fingerprint density at radius 3 is 1.27 bits per heavy atom. The molecule has 0 rings (SSSR count). The van der Waals surface area contributed by atoms with Crippen LogP contribution < -0.4 is 0 Å². The summed E-state index contributed by atoms with van der Waals surface area (Å²) in [5.41, 5.74) is 0. The van der Waals surface area contributed by atoms with Gasteiger partial charge in [-0.15, -0.1) is 0 Å². The lowest BCUT2D eigenvalue weighted by molar-refractivity contribution is -0.135. The van der Waals surface area contributed by atoms with Crippen molar-refractivity contribution < 1.29 is 9.90 Å². The maximum Gasteiger partial charge on any atom is 0.356 e. The van der Waals surface area contributed by atoms with Crippen LogP contribution in [0.15, 0.2) is 0 Å². The zero-order valence-electron chi connectivity index (χ0n) is 4.70. The Balaban J connectivity index is 0. The van der Waals surface area contributed by atoms with Crippen LogP contribution in [0.5, 0.6) is 0 Å². The van der Waals surface area contributed by atoms with Gasteiger partial charge in [0.25, 0.3) is 3.79 Å². The second-order valence-electron chi connectivity index (χ2n) is 1.05. The number of rotatable bonds is 0. The predicted octanol–water partition coefficient (Wildman–Crippen LogP) is 3.43. The average Bonchev–Trinajstić information content (AvgIpc) is 1.59. The number of carboxylic acids is 1. The molecule has 1 N–H and O–H groups in total. The van der Waals surface area contributed by atoms with Crippen molar-refractivity contribution in [2.24, 2.45) is 0 Å². The Morgan fingerprint density at radius 1 is 1.18 bits per heavy atom. The zero-order valence-corrected chi connectivity index (χ0v) is 9.24. The van der Waals surface area contributed by atoms with Crippen LogP contribution in [-0.4, -0.2) is 19.2 Å². The van der Waals surface area contributed by atoms with Crippen molar-refractivity contribution in [3.05, 3.63) is 0 Å². The van der Waals surface area contributed by atoms with Gasteiger partial charge < -0.3 is 5.11 Å². The van der Waals surface area contributed by atoms with Gasteiger partial charge in [-0.2, -0.15) is 0 Å². The molecule has 0 fully saturated rings. The van der Waals surface area contributed by atoms with Gasteiger partial charge in [-0.1, -0.05) is 69.6 Å². The molecule has 0 spiro atoms. The molecule has 0 heterocycles. The van der Waals surface area contributed by atoms with Crippen molar-refractivity contribution >= 4 is 75.6 Å². The fraction of sp³-hybridized carbons (Fsp3) is 0.667. The van der Waals surface area contributed by atoms with Crippen molar-refractivity contribution in [2.75, 3.05) is 0 Å². The lowest BCUT2D eigenvalue weighted by Gasteiger charge is -1.99. The van der Waals surface area contributed by atoms with Crippen LogP contribution in [0, 0.1) is 0 Å². The number of aliphatic carboxylic acids is 1.